The first-order chi connectivity index (χ1) is 10.3. The van der Waals surface area contributed by atoms with Gasteiger partial charge in [-0.15, -0.1) is 0 Å². The summed E-state index contributed by atoms with van der Waals surface area (Å²) in [4.78, 5) is 0. The average molecular weight is 283 g/mol. The summed E-state index contributed by atoms with van der Waals surface area (Å²) in [7, 11) is 0. The third-order valence-electron chi connectivity index (χ3n) is 3.99. The quantitative estimate of drug-likeness (QED) is 0.886. The highest BCUT2D eigenvalue weighted by Crippen LogP contribution is 2.31. The van der Waals surface area contributed by atoms with Gasteiger partial charge in [-0.05, 0) is 24.1 Å². The van der Waals surface area contributed by atoms with Gasteiger partial charge >= 0.3 is 0 Å². The van der Waals surface area contributed by atoms with Gasteiger partial charge < -0.3 is 15.2 Å². The van der Waals surface area contributed by atoms with E-state index in [1.54, 1.807) is 0 Å². The van der Waals surface area contributed by atoms with Crippen LogP contribution in [0, 0.1) is 0 Å². The van der Waals surface area contributed by atoms with Crippen LogP contribution >= 0.6 is 0 Å². The number of rotatable bonds is 5. The topological polar surface area (TPSA) is 41.5 Å². The van der Waals surface area contributed by atoms with Gasteiger partial charge in [-0.25, -0.2) is 0 Å². The fourth-order valence-electron chi connectivity index (χ4n) is 2.99. The van der Waals surface area contributed by atoms with Crippen LogP contribution in [0.3, 0.4) is 0 Å². The van der Waals surface area contributed by atoms with Crippen LogP contribution in [0.1, 0.15) is 29.7 Å². The number of aliphatic hydroxyl groups excluding tert-OH is 1. The van der Waals surface area contributed by atoms with Gasteiger partial charge in [0.25, 0.3) is 0 Å². The highest BCUT2D eigenvalue weighted by atomic mass is 16.5. The first-order valence-corrected chi connectivity index (χ1v) is 7.49. The van der Waals surface area contributed by atoms with Crippen molar-refractivity contribution < 1.29 is 9.84 Å². The van der Waals surface area contributed by atoms with Crippen molar-refractivity contribution in [2.24, 2.45) is 0 Å². The monoisotopic (exact) mass is 283 g/mol. The number of nitrogens with one attached hydrogen (secondary N) is 1. The predicted octanol–water partition coefficient (Wildman–Crippen LogP) is 2.83. The summed E-state index contributed by atoms with van der Waals surface area (Å²) in [6.07, 6.45) is 0.364. The average Bonchev–Trinajstić information content (AvgIpc) is 2.82. The van der Waals surface area contributed by atoms with Crippen LogP contribution in [0.25, 0.3) is 0 Å². The summed E-state index contributed by atoms with van der Waals surface area (Å²) < 4.78 is 5.65. The van der Waals surface area contributed by atoms with Crippen LogP contribution in [0.2, 0.25) is 0 Å². The highest BCUT2D eigenvalue weighted by Gasteiger charge is 2.30. The largest absolute Gasteiger partial charge is 0.494 e. The van der Waals surface area contributed by atoms with Crippen molar-refractivity contribution in [1.29, 1.82) is 0 Å². The van der Waals surface area contributed by atoms with Gasteiger partial charge in [-0.2, -0.15) is 0 Å². The SMILES string of the molecule is CCOc1ccccc1CN[C@@H]1c2ccccc2C[C@@H]1O. The molecule has 110 valence electrons. The van der Waals surface area contributed by atoms with Crippen LogP contribution in [-0.2, 0) is 13.0 Å². The molecule has 0 fully saturated rings. The lowest BCUT2D eigenvalue weighted by Crippen LogP contribution is -2.28. The zero-order valence-corrected chi connectivity index (χ0v) is 12.3. The molecule has 2 aromatic carbocycles. The van der Waals surface area contributed by atoms with Crippen molar-refractivity contribution in [3.05, 3.63) is 65.2 Å². The van der Waals surface area contributed by atoms with Gasteiger partial charge in [0, 0.05) is 18.5 Å². The Morgan fingerprint density at radius 1 is 1.14 bits per heavy atom. The fraction of sp³-hybridized carbons (Fsp3) is 0.333. The summed E-state index contributed by atoms with van der Waals surface area (Å²) >= 11 is 0. The lowest BCUT2D eigenvalue weighted by molar-refractivity contribution is 0.140. The van der Waals surface area contributed by atoms with Crippen LogP contribution in [0.5, 0.6) is 5.75 Å². The molecule has 3 nitrogen and oxygen atoms in total. The van der Waals surface area contributed by atoms with Gasteiger partial charge in [-0.1, -0.05) is 42.5 Å². The maximum atomic E-state index is 10.3. The molecule has 2 N–H and O–H groups in total. The minimum atomic E-state index is -0.360. The lowest BCUT2D eigenvalue weighted by atomic mass is 10.1. The van der Waals surface area contributed by atoms with Crippen LogP contribution in [0.15, 0.2) is 48.5 Å². The molecule has 2 aromatic rings. The number of para-hydroxylation sites is 1. The molecule has 21 heavy (non-hydrogen) atoms. The number of hydrogen-bond donors (Lipinski definition) is 2. The third kappa shape index (κ3) is 2.94. The minimum absolute atomic E-state index is 0.00381. The van der Waals surface area contributed by atoms with Crippen molar-refractivity contribution in [1.82, 2.24) is 5.32 Å². The summed E-state index contributed by atoms with van der Waals surface area (Å²) in [5.74, 6) is 0.910. The minimum Gasteiger partial charge on any atom is -0.494 e. The molecule has 0 unspecified atom stereocenters. The molecular weight excluding hydrogens is 262 g/mol. The molecule has 1 aliphatic rings. The predicted molar refractivity (Wildman–Crippen MR) is 83.3 cm³/mol. The molecule has 3 heteroatoms. The van der Waals surface area contributed by atoms with E-state index in [1.165, 1.54) is 11.1 Å². The van der Waals surface area contributed by atoms with Gasteiger partial charge in [-0.3, -0.25) is 0 Å². The highest BCUT2D eigenvalue weighted by molar-refractivity contribution is 5.37. The number of aliphatic hydroxyl groups is 1. The molecule has 0 amide bonds. The second-order valence-electron chi connectivity index (χ2n) is 5.37. The Morgan fingerprint density at radius 2 is 1.90 bits per heavy atom. The molecule has 0 spiro atoms. The Labute approximate surface area is 125 Å². The standard InChI is InChI=1S/C18H21NO2/c1-2-21-17-10-6-4-8-14(17)12-19-18-15-9-5-3-7-13(15)11-16(18)20/h3-10,16,18-20H,2,11-12H2,1H3/t16-,18+/m0/s1. The summed E-state index contributed by atoms with van der Waals surface area (Å²) in [5, 5.41) is 13.7. The Morgan fingerprint density at radius 3 is 2.76 bits per heavy atom. The molecule has 0 radical (unpaired) electrons. The Balaban J connectivity index is 1.74. The second-order valence-corrected chi connectivity index (χ2v) is 5.37. The maximum absolute atomic E-state index is 10.3. The van der Waals surface area contributed by atoms with Gasteiger partial charge in [0.1, 0.15) is 5.75 Å². The number of ether oxygens (including phenoxy) is 1. The molecule has 2 atom stereocenters. The van der Waals surface area contributed by atoms with E-state index in [-0.39, 0.29) is 12.1 Å². The molecule has 1 aliphatic carbocycles. The van der Waals surface area contributed by atoms with E-state index in [1.807, 2.05) is 37.3 Å². The van der Waals surface area contributed by atoms with E-state index in [2.05, 4.69) is 23.5 Å². The first kappa shape index (κ1) is 14.1. The van der Waals surface area contributed by atoms with Crippen LogP contribution < -0.4 is 10.1 Å². The fourth-order valence-corrected chi connectivity index (χ4v) is 2.99. The molecular formula is C18H21NO2. The number of benzene rings is 2. The van der Waals surface area contributed by atoms with Crippen molar-refractivity contribution in [2.75, 3.05) is 6.61 Å². The van der Waals surface area contributed by atoms with E-state index in [0.717, 1.165) is 17.7 Å². The van der Waals surface area contributed by atoms with Crippen molar-refractivity contribution >= 4 is 0 Å². The Hall–Kier alpha value is -1.84. The van der Waals surface area contributed by atoms with Crippen LogP contribution in [-0.4, -0.2) is 17.8 Å². The Kier molecular flexibility index (Phi) is 4.23. The number of fused-ring (bicyclic) bond motifs is 1. The van der Waals surface area contributed by atoms with Gasteiger partial charge in [0.15, 0.2) is 0 Å². The molecule has 3 rings (SSSR count). The van der Waals surface area contributed by atoms with Gasteiger partial charge in [0.05, 0.1) is 18.8 Å². The van der Waals surface area contributed by atoms with Crippen molar-refractivity contribution in [3.63, 3.8) is 0 Å². The third-order valence-corrected chi connectivity index (χ3v) is 3.99. The van der Waals surface area contributed by atoms with Crippen molar-refractivity contribution in [3.8, 4) is 5.75 Å². The smallest absolute Gasteiger partial charge is 0.123 e. The zero-order chi connectivity index (χ0) is 14.7. The Bertz CT molecular complexity index is 612. The molecule has 0 saturated heterocycles. The molecule has 0 heterocycles. The first-order valence-electron chi connectivity index (χ1n) is 7.49. The molecule has 0 bridgehead atoms. The molecule has 0 aromatic heterocycles. The normalized spacial score (nSPS) is 20.3. The summed E-state index contributed by atoms with van der Waals surface area (Å²) in [6.45, 7) is 3.33. The van der Waals surface area contributed by atoms with Crippen molar-refractivity contribution in [2.45, 2.75) is 32.0 Å². The van der Waals surface area contributed by atoms with E-state index in [9.17, 15) is 5.11 Å². The van der Waals surface area contributed by atoms with Crippen LogP contribution in [0.4, 0.5) is 0 Å². The summed E-state index contributed by atoms with van der Waals surface area (Å²) in [6, 6.07) is 16.3. The van der Waals surface area contributed by atoms with E-state index < -0.39 is 0 Å². The van der Waals surface area contributed by atoms with E-state index in [4.69, 9.17) is 4.74 Å². The molecule has 0 saturated carbocycles. The second kappa shape index (κ2) is 6.29. The van der Waals surface area contributed by atoms with E-state index >= 15 is 0 Å². The lowest BCUT2D eigenvalue weighted by Gasteiger charge is -2.19. The zero-order valence-electron chi connectivity index (χ0n) is 12.3. The summed E-state index contributed by atoms with van der Waals surface area (Å²) in [5.41, 5.74) is 3.57. The van der Waals surface area contributed by atoms with Gasteiger partial charge in [0.2, 0.25) is 0 Å². The number of hydrogen-bond acceptors (Lipinski definition) is 3. The maximum Gasteiger partial charge on any atom is 0.123 e. The molecule has 0 aliphatic heterocycles. The van der Waals surface area contributed by atoms with E-state index in [0.29, 0.717) is 13.2 Å².